The number of rotatable bonds is 4. The fourth-order valence-electron chi connectivity index (χ4n) is 2.42. The number of carboxylic acid groups (broad SMARTS) is 1. The fraction of sp³-hybridized carbons (Fsp3) is 0.538. The maximum absolute atomic E-state index is 11.5. The van der Waals surface area contributed by atoms with Gasteiger partial charge in [-0.2, -0.15) is 0 Å². The van der Waals surface area contributed by atoms with Crippen molar-refractivity contribution in [2.45, 2.75) is 38.5 Å². The van der Waals surface area contributed by atoms with Crippen LogP contribution >= 0.6 is 0 Å². The minimum atomic E-state index is -0.926. The molecule has 1 unspecified atom stereocenters. The minimum Gasteiger partial charge on any atom is -0.502 e. The molecule has 1 saturated heterocycles. The fourth-order valence-corrected chi connectivity index (χ4v) is 2.42. The molecule has 1 aromatic heterocycles. The Bertz CT molecular complexity index is 552. The summed E-state index contributed by atoms with van der Waals surface area (Å²) in [4.78, 5) is 24.4. The zero-order chi connectivity index (χ0) is 14.7. The van der Waals surface area contributed by atoms with Crippen LogP contribution in [0.15, 0.2) is 15.3 Å². The van der Waals surface area contributed by atoms with Crippen LogP contribution in [0.1, 0.15) is 30.8 Å². The highest BCUT2D eigenvalue weighted by molar-refractivity contribution is 5.73. The number of aliphatic hydroxyl groups excluding tert-OH is 1. The largest absolute Gasteiger partial charge is 0.502 e. The smallest absolute Gasteiger partial charge is 0.320 e. The third-order valence-electron chi connectivity index (χ3n) is 3.45. The Kier molecular flexibility index (Phi) is 4.41. The van der Waals surface area contributed by atoms with E-state index in [-0.39, 0.29) is 18.1 Å². The summed E-state index contributed by atoms with van der Waals surface area (Å²) in [6, 6.07) is 0.371. The first-order valence-electron chi connectivity index (χ1n) is 6.45. The van der Waals surface area contributed by atoms with E-state index in [1.165, 1.54) is 0 Å². The molecular weight excluding hydrogens is 266 g/mol. The number of carbonyl (C=O) groups is 1. The van der Waals surface area contributed by atoms with Crippen molar-refractivity contribution < 1.29 is 24.5 Å². The molecule has 0 saturated carbocycles. The van der Waals surface area contributed by atoms with E-state index in [0.29, 0.717) is 13.0 Å². The first-order chi connectivity index (χ1) is 9.52. The summed E-state index contributed by atoms with van der Waals surface area (Å²) < 4.78 is 5.23. The molecule has 20 heavy (non-hydrogen) atoms. The molecule has 1 aromatic rings. The molecule has 0 radical (unpaired) electrons. The van der Waals surface area contributed by atoms with Crippen molar-refractivity contribution in [1.29, 1.82) is 0 Å². The maximum atomic E-state index is 11.5. The molecule has 2 rings (SSSR count). The molecule has 2 heterocycles. The van der Waals surface area contributed by atoms with Crippen LogP contribution in [0.25, 0.3) is 0 Å². The Morgan fingerprint density at radius 1 is 1.45 bits per heavy atom. The monoisotopic (exact) mass is 283 g/mol. The zero-order valence-electron chi connectivity index (χ0n) is 10.9. The van der Waals surface area contributed by atoms with E-state index in [1.54, 1.807) is 4.90 Å². The first kappa shape index (κ1) is 14.5. The van der Waals surface area contributed by atoms with Crippen LogP contribution in [0.5, 0.6) is 5.75 Å². The molecule has 7 nitrogen and oxygen atoms in total. The minimum absolute atomic E-state index is 0.00491. The van der Waals surface area contributed by atoms with Gasteiger partial charge in [0.15, 0.2) is 5.76 Å². The highest BCUT2D eigenvalue weighted by Gasteiger charge is 2.29. The summed E-state index contributed by atoms with van der Waals surface area (Å²) in [5.41, 5.74) is -0.640. The van der Waals surface area contributed by atoms with Crippen LogP contribution < -0.4 is 5.43 Å². The van der Waals surface area contributed by atoms with Crippen LogP contribution in [-0.4, -0.2) is 38.8 Å². The molecule has 0 bridgehead atoms. The number of likely N-dealkylation sites (tertiary alicyclic amines) is 1. The molecule has 1 aliphatic rings. The van der Waals surface area contributed by atoms with Crippen LogP contribution in [-0.2, 0) is 17.9 Å². The second-order valence-corrected chi connectivity index (χ2v) is 4.83. The first-order valence-corrected chi connectivity index (χ1v) is 6.45. The van der Waals surface area contributed by atoms with Gasteiger partial charge in [-0.05, 0) is 19.4 Å². The highest BCUT2D eigenvalue weighted by atomic mass is 16.4. The van der Waals surface area contributed by atoms with E-state index in [1.807, 2.05) is 0 Å². The number of hydrogen-bond donors (Lipinski definition) is 3. The van der Waals surface area contributed by atoms with Gasteiger partial charge < -0.3 is 19.7 Å². The van der Waals surface area contributed by atoms with Crippen molar-refractivity contribution in [2.75, 3.05) is 6.54 Å². The van der Waals surface area contributed by atoms with E-state index in [0.717, 1.165) is 18.9 Å². The second-order valence-electron chi connectivity index (χ2n) is 4.83. The SMILES string of the molecule is O=C(O)C1CCCCN1Cc1oc(CO)cc(=O)c1O. The summed E-state index contributed by atoms with van der Waals surface area (Å²) in [5, 5.41) is 27.9. The van der Waals surface area contributed by atoms with Gasteiger partial charge in [0.25, 0.3) is 0 Å². The van der Waals surface area contributed by atoms with Gasteiger partial charge >= 0.3 is 5.97 Å². The van der Waals surface area contributed by atoms with Gasteiger partial charge in [0.1, 0.15) is 18.4 Å². The Hall–Kier alpha value is -1.86. The van der Waals surface area contributed by atoms with Crippen LogP contribution in [0, 0.1) is 0 Å². The third-order valence-corrected chi connectivity index (χ3v) is 3.45. The lowest BCUT2D eigenvalue weighted by atomic mass is 10.0. The lowest BCUT2D eigenvalue weighted by Crippen LogP contribution is -2.44. The molecule has 0 spiro atoms. The molecular formula is C13H17NO6. The van der Waals surface area contributed by atoms with Crippen LogP contribution in [0.4, 0.5) is 0 Å². The summed E-state index contributed by atoms with van der Waals surface area (Å²) in [5.74, 6) is -1.41. The van der Waals surface area contributed by atoms with Crippen LogP contribution in [0.2, 0.25) is 0 Å². The summed E-state index contributed by atoms with van der Waals surface area (Å²) in [6.07, 6.45) is 2.22. The van der Waals surface area contributed by atoms with Gasteiger partial charge in [-0.15, -0.1) is 0 Å². The average molecular weight is 283 g/mol. The molecule has 1 atom stereocenters. The maximum Gasteiger partial charge on any atom is 0.320 e. The summed E-state index contributed by atoms with van der Waals surface area (Å²) >= 11 is 0. The molecule has 0 aromatic carbocycles. The van der Waals surface area contributed by atoms with Crippen molar-refractivity contribution in [3.63, 3.8) is 0 Å². The van der Waals surface area contributed by atoms with Crippen molar-refractivity contribution in [3.8, 4) is 5.75 Å². The predicted molar refractivity (Wildman–Crippen MR) is 68.3 cm³/mol. The van der Waals surface area contributed by atoms with Gasteiger partial charge in [0.05, 0.1) is 6.54 Å². The van der Waals surface area contributed by atoms with E-state index < -0.39 is 29.8 Å². The van der Waals surface area contributed by atoms with Crippen LogP contribution in [0.3, 0.4) is 0 Å². The lowest BCUT2D eigenvalue weighted by Gasteiger charge is -2.32. The lowest BCUT2D eigenvalue weighted by molar-refractivity contribution is -0.145. The van der Waals surface area contributed by atoms with Gasteiger partial charge in [0, 0.05) is 6.07 Å². The van der Waals surface area contributed by atoms with Gasteiger partial charge in [0.2, 0.25) is 11.2 Å². The molecule has 110 valence electrons. The van der Waals surface area contributed by atoms with E-state index in [4.69, 9.17) is 9.52 Å². The second kappa shape index (κ2) is 6.06. The van der Waals surface area contributed by atoms with E-state index in [9.17, 15) is 19.8 Å². The Labute approximate surface area is 115 Å². The van der Waals surface area contributed by atoms with Crippen molar-refractivity contribution >= 4 is 5.97 Å². The molecule has 1 aliphatic heterocycles. The number of nitrogens with zero attached hydrogens (tertiary/aromatic N) is 1. The van der Waals surface area contributed by atoms with Crippen molar-refractivity contribution in [1.82, 2.24) is 4.90 Å². The molecule has 1 fully saturated rings. The summed E-state index contributed by atoms with van der Waals surface area (Å²) in [7, 11) is 0. The number of aliphatic hydroxyl groups is 1. The quantitative estimate of drug-likeness (QED) is 0.727. The van der Waals surface area contributed by atoms with Crippen molar-refractivity contribution in [2.24, 2.45) is 0 Å². The number of carboxylic acids is 1. The van der Waals surface area contributed by atoms with E-state index in [2.05, 4.69) is 0 Å². The molecule has 0 amide bonds. The molecule has 7 heteroatoms. The third kappa shape index (κ3) is 3.00. The molecule has 3 N–H and O–H groups in total. The van der Waals surface area contributed by atoms with Gasteiger partial charge in [-0.25, -0.2) is 0 Å². The van der Waals surface area contributed by atoms with Gasteiger partial charge in [-0.1, -0.05) is 6.42 Å². The van der Waals surface area contributed by atoms with Crippen molar-refractivity contribution in [3.05, 3.63) is 27.8 Å². The predicted octanol–water partition coefficient (Wildman–Crippen LogP) is 0.277. The Morgan fingerprint density at radius 3 is 2.85 bits per heavy atom. The average Bonchev–Trinajstić information content (AvgIpc) is 2.44. The number of hydrogen-bond acceptors (Lipinski definition) is 6. The molecule has 0 aliphatic carbocycles. The topological polar surface area (TPSA) is 111 Å². The normalized spacial score (nSPS) is 19.9. The van der Waals surface area contributed by atoms with E-state index >= 15 is 0 Å². The summed E-state index contributed by atoms with van der Waals surface area (Å²) in [6.45, 7) is 0.139. The number of piperidine rings is 1. The number of aromatic hydroxyl groups is 1. The zero-order valence-corrected chi connectivity index (χ0v) is 10.9. The Morgan fingerprint density at radius 2 is 2.20 bits per heavy atom. The number of aliphatic carboxylic acids is 1. The van der Waals surface area contributed by atoms with Gasteiger partial charge in [-0.3, -0.25) is 14.5 Å². The highest BCUT2D eigenvalue weighted by Crippen LogP contribution is 2.23. The standard InChI is InChI=1S/C13H17NO6/c15-7-8-5-10(16)12(17)11(20-8)6-14-4-2-1-3-9(14)13(18)19/h5,9,15,17H,1-4,6-7H2,(H,18,19). The Balaban J connectivity index is 2.26.